The van der Waals surface area contributed by atoms with Crippen LogP contribution in [0.25, 0.3) is 0 Å². The van der Waals surface area contributed by atoms with Crippen LogP contribution in [0.2, 0.25) is 0 Å². The summed E-state index contributed by atoms with van der Waals surface area (Å²) in [4.78, 5) is 5.91. The molecule has 0 saturated carbocycles. The van der Waals surface area contributed by atoms with Gasteiger partial charge in [-0.25, -0.2) is 4.98 Å². The summed E-state index contributed by atoms with van der Waals surface area (Å²) in [6, 6.07) is 8.67. The summed E-state index contributed by atoms with van der Waals surface area (Å²) in [6.45, 7) is 8.52. The fraction of sp³-hybridized carbons (Fsp3) is 0.438. The van der Waals surface area contributed by atoms with Gasteiger partial charge >= 0.3 is 0 Å². The number of thiazole rings is 1. The molecular weight excluding hydrogens is 268 g/mol. The summed E-state index contributed by atoms with van der Waals surface area (Å²) in [7, 11) is 1.70. The Morgan fingerprint density at radius 2 is 1.95 bits per heavy atom. The van der Waals surface area contributed by atoms with Crippen LogP contribution < -0.4 is 10.1 Å². The molecule has 0 amide bonds. The van der Waals surface area contributed by atoms with Crippen molar-refractivity contribution < 1.29 is 4.74 Å². The molecule has 3 nitrogen and oxygen atoms in total. The zero-order valence-corrected chi connectivity index (χ0v) is 13.5. The number of hydrogen-bond acceptors (Lipinski definition) is 4. The van der Waals surface area contributed by atoms with E-state index in [2.05, 4.69) is 50.1 Å². The second-order valence-corrected chi connectivity index (χ2v) is 6.47. The summed E-state index contributed by atoms with van der Waals surface area (Å²) in [5.74, 6) is 0.893. The van der Waals surface area contributed by atoms with E-state index in [-0.39, 0.29) is 12.1 Å². The lowest BCUT2D eigenvalue weighted by molar-refractivity contribution is 0.412. The lowest BCUT2D eigenvalue weighted by Gasteiger charge is -2.20. The first-order valence-electron chi connectivity index (χ1n) is 6.85. The Balaban J connectivity index is 2.10. The molecule has 2 rings (SSSR count). The normalized spacial score (nSPS) is 14.1. The summed E-state index contributed by atoms with van der Waals surface area (Å²) < 4.78 is 5.28. The Morgan fingerprint density at radius 1 is 1.20 bits per heavy atom. The average molecular weight is 290 g/mol. The van der Waals surface area contributed by atoms with E-state index in [0.717, 1.165) is 16.5 Å². The van der Waals surface area contributed by atoms with Crippen molar-refractivity contribution in [2.75, 3.05) is 7.11 Å². The van der Waals surface area contributed by atoms with Gasteiger partial charge in [0, 0.05) is 17.0 Å². The predicted molar refractivity (Wildman–Crippen MR) is 84.5 cm³/mol. The maximum Gasteiger partial charge on any atom is 0.119 e. The number of nitrogens with zero attached hydrogens (tertiary/aromatic N) is 1. The van der Waals surface area contributed by atoms with Gasteiger partial charge in [0.25, 0.3) is 0 Å². The van der Waals surface area contributed by atoms with Crippen molar-refractivity contribution in [2.45, 2.75) is 39.8 Å². The standard InChI is InChI=1S/C16H22N2OS/c1-10(14-7-6-8-15(9-14)19-5)17-11(2)16-12(3)20-13(4)18-16/h6-11,17H,1-5H3. The van der Waals surface area contributed by atoms with E-state index in [1.54, 1.807) is 18.4 Å². The molecule has 0 fully saturated rings. The Kier molecular flexibility index (Phi) is 4.78. The Labute approximate surface area is 125 Å². The van der Waals surface area contributed by atoms with Gasteiger partial charge in [-0.05, 0) is 45.4 Å². The van der Waals surface area contributed by atoms with Gasteiger partial charge in [-0.15, -0.1) is 11.3 Å². The fourth-order valence-electron chi connectivity index (χ4n) is 2.41. The SMILES string of the molecule is COc1cccc(C(C)NC(C)c2nc(C)sc2C)c1. The second-order valence-electron chi connectivity index (χ2n) is 5.06. The fourth-order valence-corrected chi connectivity index (χ4v) is 3.32. The molecule has 2 unspecified atom stereocenters. The van der Waals surface area contributed by atoms with Crippen LogP contribution in [0, 0.1) is 13.8 Å². The van der Waals surface area contributed by atoms with Crippen molar-refractivity contribution in [3.63, 3.8) is 0 Å². The Bertz CT molecular complexity index is 580. The monoisotopic (exact) mass is 290 g/mol. The third kappa shape index (κ3) is 3.38. The number of ether oxygens (including phenoxy) is 1. The summed E-state index contributed by atoms with van der Waals surface area (Å²) in [5.41, 5.74) is 2.38. The van der Waals surface area contributed by atoms with Crippen molar-refractivity contribution in [3.05, 3.63) is 45.4 Å². The molecule has 108 valence electrons. The highest BCUT2D eigenvalue weighted by Gasteiger charge is 2.16. The molecule has 0 aliphatic carbocycles. The molecule has 2 atom stereocenters. The van der Waals surface area contributed by atoms with Gasteiger partial charge in [0.05, 0.1) is 17.8 Å². The molecule has 2 aromatic rings. The number of benzene rings is 1. The van der Waals surface area contributed by atoms with Crippen LogP contribution in [0.15, 0.2) is 24.3 Å². The van der Waals surface area contributed by atoms with E-state index in [9.17, 15) is 0 Å². The van der Waals surface area contributed by atoms with Crippen molar-refractivity contribution in [1.29, 1.82) is 0 Å². The van der Waals surface area contributed by atoms with Gasteiger partial charge in [0.2, 0.25) is 0 Å². The predicted octanol–water partition coefficient (Wildman–Crippen LogP) is 4.18. The molecule has 1 heterocycles. The summed E-state index contributed by atoms with van der Waals surface area (Å²) >= 11 is 1.76. The van der Waals surface area contributed by atoms with E-state index in [0.29, 0.717) is 0 Å². The Hall–Kier alpha value is -1.39. The highest BCUT2D eigenvalue weighted by Crippen LogP contribution is 2.26. The third-order valence-corrected chi connectivity index (χ3v) is 4.35. The van der Waals surface area contributed by atoms with Crippen LogP contribution >= 0.6 is 11.3 Å². The molecule has 1 aromatic heterocycles. The van der Waals surface area contributed by atoms with Crippen molar-refractivity contribution >= 4 is 11.3 Å². The summed E-state index contributed by atoms with van der Waals surface area (Å²) in [6.07, 6.45) is 0. The second kappa shape index (κ2) is 6.37. The van der Waals surface area contributed by atoms with Crippen LogP contribution in [0.4, 0.5) is 0 Å². The maximum absolute atomic E-state index is 5.28. The molecule has 0 radical (unpaired) electrons. The first-order valence-corrected chi connectivity index (χ1v) is 7.67. The van der Waals surface area contributed by atoms with Crippen molar-refractivity contribution in [2.24, 2.45) is 0 Å². The van der Waals surface area contributed by atoms with Gasteiger partial charge in [-0.3, -0.25) is 0 Å². The molecule has 0 aliphatic rings. The zero-order valence-electron chi connectivity index (χ0n) is 12.7. The molecule has 0 spiro atoms. The van der Waals surface area contributed by atoms with E-state index in [4.69, 9.17) is 4.74 Å². The van der Waals surface area contributed by atoms with Crippen LogP contribution in [0.1, 0.15) is 47.1 Å². The molecule has 0 aliphatic heterocycles. The molecule has 1 N–H and O–H groups in total. The minimum atomic E-state index is 0.237. The number of aromatic nitrogens is 1. The van der Waals surface area contributed by atoms with Crippen molar-refractivity contribution in [1.82, 2.24) is 10.3 Å². The summed E-state index contributed by atoms with van der Waals surface area (Å²) in [5, 5.41) is 4.73. The number of nitrogens with one attached hydrogen (secondary N) is 1. The first kappa shape index (κ1) is 15.0. The van der Waals surface area contributed by atoms with Gasteiger partial charge < -0.3 is 10.1 Å². The largest absolute Gasteiger partial charge is 0.497 e. The number of aryl methyl sites for hydroxylation is 2. The van der Waals surface area contributed by atoms with Gasteiger partial charge in [-0.1, -0.05) is 12.1 Å². The van der Waals surface area contributed by atoms with Crippen LogP contribution in [-0.4, -0.2) is 12.1 Å². The van der Waals surface area contributed by atoms with Crippen molar-refractivity contribution in [3.8, 4) is 5.75 Å². The number of methoxy groups -OCH3 is 1. The smallest absolute Gasteiger partial charge is 0.119 e. The number of hydrogen-bond donors (Lipinski definition) is 1. The van der Waals surface area contributed by atoms with E-state index in [1.807, 2.05) is 12.1 Å². The molecule has 0 bridgehead atoms. The average Bonchev–Trinajstić information content (AvgIpc) is 2.77. The molecule has 0 saturated heterocycles. The minimum Gasteiger partial charge on any atom is -0.497 e. The van der Waals surface area contributed by atoms with Gasteiger partial charge in [0.1, 0.15) is 5.75 Å². The van der Waals surface area contributed by atoms with E-state index < -0.39 is 0 Å². The highest BCUT2D eigenvalue weighted by atomic mass is 32.1. The lowest BCUT2D eigenvalue weighted by Crippen LogP contribution is -2.23. The van der Waals surface area contributed by atoms with Gasteiger partial charge in [-0.2, -0.15) is 0 Å². The quantitative estimate of drug-likeness (QED) is 0.897. The van der Waals surface area contributed by atoms with Crippen LogP contribution in [0.3, 0.4) is 0 Å². The third-order valence-electron chi connectivity index (χ3n) is 3.44. The van der Waals surface area contributed by atoms with E-state index >= 15 is 0 Å². The molecular formula is C16H22N2OS. The highest BCUT2D eigenvalue weighted by molar-refractivity contribution is 7.11. The van der Waals surface area contributed by atoms with Gasteiger partial charge in [0.15, 0.2) is 0 Å². The Morgan fingerprint density at radius 3 is 2.55 bits per heavy atom. The minimum absolute atomic E-state index is 0.237. The molecule has 20 heavy (non-hydrogen) atoms. The van der Waals surface area contributed by atoms with E-state index in [1.165, 1.54) is 10.4 Å². The van der Waals surface area contributed by atoms with Crippen LogP contribution in [0.5, 0.6) is 5.75 Å². The maximum atomic E-state index is 5.28. The molecule has 4 heteroatoms. The molecule has 1 aromatic carbocycles. The van der Waals surface area contributed by atoms with Crippen LogP contribution in [-0.2, 0) is 0 Å². The first-order chi connectivity index (χ1) is 9.51. The number of rotatable bonds is 5. The topological polar surface area (TPSA) is 34.1 Å². The lowest BCUT2D eigenvalue weighted by atomic mass is 10.1. The zero-order chi connectivity index (χ0) is 14.7.